The van der Waals surface area contributed by atoms with E-state index in [0.29, 0.717) is 19.6 Å². The second-order valence-electron chi connectivity index (χ2n) is 7.76. The quantitative estimate of drug-likeness (QED) is 0.436. The predicted octanol–water partition coefficient (Wildman–Crippen LogP) is 5.12. The maximum atomic E-state index is 13.2. The summed E-state index contributed by atoms with van der Waals surface area (Å²) in [7, 11) is 0. The Morgan fingerprint density at radius 2 is 1.24 bits per heavy atom. The summed E-state index contributed by atoms with van der Waals surface area (Å²) in [5.74, 6) is 0. The van der Waals surface area contributed by atoms with Gasteiger partial charge in [0, 0.05) is 13.1 Å². The molecule has 0 atom stereocenters. The maximum absolute atomic E-state index is 13.2. The van der Waals surface area contributed by atoms with E-state index in [-0.39, 0.29) is 10.7 Å². The van der Waals surface area contributed by atoms with Crippen LogP contribution >= 0.6 is 0 Å². The number of hydrogen-bond acceptors (Lipinski definition) is 2. The van der Waals surface area contributed by atoms with Crippen molar-refractivity contribution in [1.82, 2.24) is 4.90 Å². The Morgan fingerprint density at radius 1 is 0.759 bits per heavy atom. The van der Waals surface area contributed by atoms with Gasteiger partial charge in [-0.15, -0.1) is 0 Å². The lowest BCUT2D eigenvalue weighted by Gasteiger charge is -2.49. The normalized spacial score (nSPS) is 17.0. The van der Waals surface area contributed by atoms with E-state index < -0.39 is 0 Å². The van der Waals surface area contributed by atoms with E-state index in [4.69, 9.17) is 0 Å². The number of hydroxylamine groups is 3. The van der Waals surface area contributed by atoms with Gasteiger partial charge in [-0.25, -0.2) is 0 Å². The molecule has 1 aliphatic heterocycles. The monoisotopic (exact) mass is 384 g/mol. The Bertz CT molecular complexity index is 862. The van der Waals surface area contributed by atoms with Crippen molar-refractivity contribution in [3.8, 4) is 0 Å². The lowest BCUT2D eigenvalue weighted by atomic mass is 9.96. The fraction of sp³-hybridized carbons (Fsp3) is 0.231. The second kappa shape index (κ2) is 9.19. The summed E-state index contributed by atoms with van der Waals surface area (Å²) in [4.78, 5) is 2.46. The molecule has 0 aromatic heterocycles. The first-order valence-electron chi connectivity index (χ1n) is 10.4. The van der Waals surface area contributed by atoms with Crippen molar-refractivity contribution in [3.05, 3.63) is 119 Å². The average molecular weight is 385 g/mol. The van der Waals surface area contributed by atoms with Crippen LogP contribution in [0.5, 0.6) is 0 Å². The first kappa shape index (κ1) is 19.6. The first-order valence-corrected chi connectivity index (χ1v) is 10.4. The molecule has 0 bridgehead atoms. The van der Waals surface area contributed by atoms with Crippen LogP contribution in [-0.2, 0) is 0 Å². The van der Waals surface area contributed by atoms with Crippen molar-refractivity contribution in [2.75, 3.05) is 32.7 Å². The summed E-state index contributed by atoms with van der Waals surface area (Å²) in [6, 6.07) is 31.6. The van der Waals surface area contributed by atoms with Crippen LogP contribution in [0.15, 0.2) is 97.1 Å². The van der Waals surface area contributed by atoms with Crippen molar-refractivity contribution >= 4 is 6.08 Å². The zero-order chi connectivity index (χ0) is 19.9. The van der Waals surface area contributed by atoms with Gasteiger partial charge in [-0.2, -0.15) is 0 Å². The van der Waals surface area contributed by atoms with Crippen molar-refractivity contribution in [2.24, 2.45) is 0 Å². The molecule has 0 N–H and O–H groups in total. The molecular formula is C26H28N2O. The van der Waals surface area contributed by atoms with Crippen LogP contribution in [0.3, 0.4) is 0 Å². The number of benzene rings is 3. The third-order valence-corrected chi connectivity index (χ3v) is 5.73. The van der Waals surface area contributed by atoms with Crippen molar-refractivity contribution in [2.45, 2.75) is 6.04 Å². The lowest BCUT2D eigenvalue weighted by Crippen LogP contribution is -2.56. The van der Waals surface area contributed by atoms with E-state index >= 15 is 0 Å². The molecule has 0 spiro atoms. The zero-order valence-corrected chi connectivity index (χ0v) is 16.7. The van der Waals surface area contributed by atoms with Crippen molar-refractivity contribution < 1.29 is 4.65 Å². The third kappa shape index (κ3) is 5.01. The SMILES string of the molecule is [O-][N+]1(C/C=C/c2ccccc2)CCN(C(c2ccccc2)c2ccccc2)CC1. The molecule has 3 aromatic carbocycles. The van der Waals surface area contributed by atoms with Crippen LogP contribution in [0.2, 0.25) is 0 Å². The average Bonchev–Trinajstić information content (AvgIpc) is 2.78. The largest absolute Gasteiger partial charge is 0.632 e. The van der Waals surface area contributed by atoms with E-state index in [2.05, 4.69) is 83.8 Å². The molecule has 1 heterocycles. The zero-order valence-electron chi connectivity index (χ0n) is 16.7. The van der Waals surface area contributed by atoms with Gasteiger partial charge in [0.05, 0.1) is 25.7 Å². The van der Waals surface area contributed by atoms with Crippen molar-refractivity contribution in [1.29, 1.82) is 0 Å². The van der Waals surface area contributed by atoms with Crippen LogP contribution < -0.4 is 0 Å². The summed E-state index contributed by atoms with van der Waals surface area (Å²) < 4.78 is -0.143. The van der Waals surface area contributed by atoms with Gasteiger partial charge >= 0.3 is 0 Å². The fourth-order valence-electron chi connectivity index (χ4n) is 4.12. The molecule has 4 rings (SSSR count). The molecular weight excluding hydrogens is 356 g/mol. The van der Waals surface area contributed by atoms with Gasteiger partial charge in [-0.05, 0) is 22.8 Å². The lowest BCUT2D eigenvalue weighted by molar-refractivity contribution is -0.879. The highest BCUT2D eigenvalue weighted by Crippen LogP contribution is 2.30. The third-order valence-electron chi connectivity index (χ3n) is 5.73. The van der Waals surface area contributed by atoms with E-state index in [1.54, 1.807) is 0 Å². The number of rotatable bonds is 6. The molecule has 3 heteroatoms. The van der Waals surface area contributed by atoms with Crippen LogP contribution in [0.4, 0.5) is 0 Å². The van der Waals surface area contributed by atoms with Crippen LogP contribution in [0, 0.1) is 5.21 Å². The summed E-state index contributed by atoms with van der Waals surface area (Å²) in [6.07, 6.45) is 4.09. The van der Waals surface area contributed by atoms with E-state index in [0.717, 1.165) is 18.7 Å². The molecule has 1 aliphatic rings. The predicted molar refractivity (Wildman–Crippen MR) is 120 cm³/mol. The summed E-state index contributed by atoms with van der Waals surface area (Å²) in [6.45, 7) is 3.38. The second-order valence-corrected chi connectivity index (χ2v) is 7.76. The Balaban J connectivity index is 1.44. The van der Waals surface area contributed by atoms with Gasteiger partial charge < -0.3 is 9.85 Å². The highest BCUT2D eigenvalue weighted by Gasteiger charge is 2.30. The highest BCUT2D eigenvalue weighted by molar-refractivity contribution is 5.48. The Morgan fingerprint density at radius 3 is 1.76 bits per heavy atom. The minimum absolute atomic E-state index is 0.143. The molecule has 3 nitrogen and oxygen atoms in total. The number of nitrogens with zero attached hydrogens (tertiary/aromatic N) is 2. The molecule has 0 saturated carbocycles. The van der Waals surface area contributed by atoms with E-state index in [1.165, 1.54) is 11.1 Å². The standard InChI is InChI=1S/C26H28N2O/c29-28(20-10-13-23-11-4-1-5-12-23)21-18-27(19-22-28)26(24-14-6-2-7-15-24)25-16-8-3-9-17-25/h1-17,26H,18-22H2/b13-10+. The molecule has 1 fully saturated rings. The Hall–Kier alpha value is -2.72. The van der Waals surface area contributed by atoms with Crippen LogP contribution in [0.1, 0.15) is 22.7 Å². The molecule has 0 amide bonds. The molecule has 148 valence electrons. The van der Waals surface area contributed by atoms with Crippen LogP contribution in [0.25, 0.3) is 6.08 Å². The molecule has 29 heavy (non-hydrogen) atoms. The fourth-order valence-corrected chi connectivity index (χ4v) is 4.12. The minimum Gasteiger partial charge on any atom is -0.632 e. The van der Waals surface area contributed by atoms with Crippen LogP contribution in [-0.4, -0.2) is 42.3 Å². The number of hydrogen-bond donors (Lipinski definition) is 0. The smallest absolute Gasteiger partial charge is 0.0975 e. The molecule has 0 unspecified atom stereocenters. The molecule has 0 radical (unpaired) electrons. The van der Waals surface area contributed by atoms with Gasteiger partial charge in [0.2, 0.25) is 0 Å². The van der Waals surface area contributed by atoms with Gasteiger partial charge in [-0.1, -0.05) is 97.1 Å². The molecule has 3 aromatic rings. The molecule has 1 saturated heterocycles. The van der Waals surface area contributed by atoms with Crippen molar-refractivity contribution in [3.63, 3.8) is 0 Å². The molecule has 0 aliphatic carbocycles. The topological polar surface area (TPSA) is 26.3 Å². The van der Waals surface area contributed by atoms with Gasteiger partial charge in [0.15, 0.2) is 0 Å². The summed E-state index contributed by atoms with van der Waals surface area (Å²) in [5, 5.41) is 13.2. The highest BCUT2D eigenvalue weighted by atomic mass is 16.5. The Labute approximate surface area is 173 Å². The summed E-state index contributed by atoms with van der Waals surface area (Å²) >= 11 is 0. The number of quaternary nitrogens is 1. The summed E-state index contributed by atoms with van der Waals surface area (Å²) in [5.41, 5.74) is 3.72. The van der Waals surface area contributed by atoms with E-state index in [9.17, 15) is 5.21 Å². The van der Waals surface area contributed by atoms with Gasteiger partial charge in [-0.3, -0.25) is 4.90 Å². The Kier molecular flexibility index (Phi) is 6.20. The number of piperazine rings is 1. The van der Waals surface area contributed by atoms with Gasteiger partial charge in [0.1, 0.15) is 0 Å². The van der Waals surface area contributed by atoms with E-state index in [1.807, 2.05) is 24.3 Å². The first-order chi connectivity index (χ1) is 14.2. The van der Waals surface area contributed by atoms with Gasteiger partial charge in [0.25, 0.3) is 0 Å². The minimum atomic E-state index is -0.143. The maximum Gasteiger partial charge on any atom is 0.0975 e.